The Morgan fingerprint density at radius 3 is 2.67 bits per heavy atom. The van der Waals surface area contributed by atoms with Gasteiger partial charge >= 0.3 is 0 Å². The van der Waals surface area contributed by atoms with Crippen LogP contribution in [-0.2, 0) is 11.3 Å². The summed E-state index contributed by atoms with van der Waals surface area (Å²) in [5.74, 6) is 0.912. The second-order valence-corrected chi connectivity index (χ2v) is 7.40. The third-order valence-corrected chi connectivity index (χ3v) is 5.25. The summed E-state index contributed by atoms with van der Waals surface area (Å²) in [7, 11) is 1.82. The lowest BCUT2D eigenvalue weighted by Crippen LogP contribution is -2.46. The fourth-order valence-electron chi connectivity index (χ4n) is 2.92. The molecule has 0 radical (unpaired) electrons. The Hall–Kier alpha value is -0.870. The molecule has 2 rings (SSSR count). The van der Waals surface area contributed by atoms with E-state index in [1.54, 1.807) is 4.90 Å². The highest BCUT2D eigenvalue weighted by Gasteiger charge is 2.19. The zero-order chi connectivity index (χ0) is 18.9. The first kappa shape index (κ1) is 24.2. The number of rotatable bonds is 6. The molecule has 0 spiro atoms. The van der Waals surface area contributed by atoms with Gasteiger partial charge in [-0.15, -0.1) is 24.0 Å². The van der Waals surface area contributed by atoms with E-state index >= 15 is 0 Å². The Kier molecular flexibility index (Phi) is 11.2. The SMILES string of the molecule is CCNC(=NCCC(=O)N(C)Cc1ccccc1Br)N1CCC(O)CC1.I. The molecule has 2 N–H and O–H groups in total. The number of carbonyl (C=O) groups is 1. The lowest BCUT2D eigenvalue weighted by Gasteiger charge is -2.32. The summed E-state index contributed by atoms with van der Waals surface area (Å²) in [4.78, 5) is 20.9. The van der Waals surface area contributed by atoms with E-state index < -0.39 is 0 Å². The highest BCUT2D eigenvalue weighted by atomic mass is 127. The van der Waals surface area contributed by atoms with Crippen molar-refractivity contribution in [3.05, 3.63) is 34.3 Å². The summed E-state index contributed by atoms with van der Waals surface area (Å²) >= 11 is 3.52. The summed E-state index contributed by atoms with van der Waals surface area (Å²) in [5.41, 5.74) is 1.09. The van der Waals surface area contributed by atoms with Gasteiger partial charge in [-0.2, -0.15) is 0 Å². The number of benzene rings is 1. The first-order valence-corrected chi connectivity index (χ1v) is 9.99. The molecule has 0 bridgehead atoms. The van der Waals surface area contributed by atoms with Crippen molar-refractivity contribution < 1.29 is 9.90 Å². The van der Waals surface area contributed by atoms with E-state index in [1.165, 1.54) is 0 Å². The normalized spacial score (nSPS) is 15.3. The number of carbonyl (C=O) groups excluding carboxylic acids is 1. The fraction of sp³-hybridized carbons (Fsp3) is 0.579. The van der Waals surface area contributed by atoms with Crippen LogP contribution in [-0.4, -0.2) is 66.1 Å². The Labute approximate surface area is 187 Å². The van der Waals surface area contributed by atoms with Gasteiger partial charge in [0.05, 0.1) is 12.6 Å². The number of guanidine groups is 1. The van der Waals surface area contributed by atoms with Gasteiger partial charge in [-0.1, -0.05) is 34.1 Å². The zero-order valence-corrected chi connectivity index (χ0v) is 19.9. The van der Waals surface area contributed by atoms with Crippen LogP contribution in [0.4, 0.5) is 0 Å². The summed E-state index contributed by atoms with van der Waals surface area (Å²) in [6, 6.07) is 7.93. The third kappa shape index (κ3) is 7.95. The largest absolute Gasteiger partial charge is 0.393 e. The molecular formula is C19H30BrIN4O2. The van der Waals surface area contributed by atoms with Crippen molar-refractivity contribution in [1.82, 2.24) is 15.1 Å². The number of hydrogen-bond donors (Lipinski definition) is 2. The van der Waals surface area contributed by atoms with Crippen molar-refractivity contribution in [2.24, 2.45) is 4.99 Å². The van der Waals surface area contributed by atoms with E-state index in [2.05, 4.69) is 31.1 Å². The van der Waals surface area contributed by atoms with Gasteiger partial charge in [0.25, 0.3) is 0 Å². The summed E-state index contributed by atoms with van der Waals surface area (Å²) in [6.45, 7) is 5.44. The standard InChI is InChI=1S/C19H29BrN4O2.HI/c1-3-21-19(24-12-9-16(25)10-13-24)22-11-8-18(26)23(2)14-15-6-4-5-7-17(15)20;/h4-7,16,25H,3,8-14H2,1-2H3,(H,21,22);1H. The Balaban J connectivity index is 0.00000364. The van der Waals surface area contributed by atoms with Crippen molar-refractivity contribution in [2.75, 3.05) is 33.2 Å². The molecule has 1 aromatic rings. The summed E-state index contributed by atoms with van der Waals surface area (Å²) in [6.07, 6.45) is 1.70. The Morgan fingerprint density at radius 2 is 2.04 bits per heavy atom. The van der Waals surface area contributed by atoms with Crippen LogP contribution < -0.4 is 5.32 Å². The topological polar surface area (TPSA) is 68.2 Å². The number of nitrogens with zero attached hydrogens (tertiary/aromatic N) is 3. The van der Waals surface area contributed by atoms with Crippen LogP contribution in [0.5, 0.6) is 0 Å². The van der Waals surface area contributed by atoms with Crippen LogP contribution in [0.1, 0.15) is 31.7 Å². The maximum atomic E-state index is 12.4. The average molecular weight is 553 g/mol. The van der Waals surface area contributed by atoms with E-state index in [4.69, 9.17) is 0 Å². The lowest BCUT2D eigenvalue weighted by molar-refractivity contribution is -0.130. The minimum Gasteiger partial charge on any atom is -0.393 e. The van der Waals surface area contributed by atoms with Crippen LogP contribution in [0, 0.1) is 0 Å². The van der Waals surface area contributed by atoms with Crippen molar-refractivity contribution in [1.29, 1.82) is 0 Å². The molecule has 6 nitrogen and oxygen atoms in total. The third-order valence-electron chi connectivity index (χ3n) is 4.48. The lowest BCUT2D eigenvalue weighted by atomic mass is 10.1. The molecule has 152 valence electrons. The van der Waals surface area contributed by atoms with Gasteiger partial charge in [-0.05, 0) is 31.4 Å². The van der Waals surface area contributed by atoms with E-state index in [0.717, 1.165) is 48.5 Å². The highest BCUT2D eigenvalue weighted by molar-refractivity contribution is 14.0. The predicted octanol–water partition coefficient (Wildman–Crippen LogP) is 2.84. The van der Waals surface area contributed by atoms with Crippen LogP contribution in [0.3, 0.4) is 0 Å². The van der Waals surface area contributed by atoms with E-state index in [0.29, 0.717) is 19.5 Å². The molecule has 1 fully saturated rings. The Morgan fingerprint density at radius 1 is 1.37 bits per heavy atom. The number of halogens is 2. The molecule has 1 aliphatic heterocycles. The fourth-order valence-corrected chi connectivity index (χ4v) is 3.33. The van der Waals surface area contributed by atoms with Crippen LogP contribution >= 0.6 is 39.9 Å². The highest BCUT2D eigenvalue weighted by Crippen LogP contribution is 2.17. The molecule has 0 aromatic heterocycles. The van der Waals surface area contributed by atoms with E-state index in [-0.39, 0.29) is 36.0 Å². The van der Waals surface area contributed by atoms with Gasteiger partial charge in [-0.25, -0.2) is 0 Å². The molecule has 8 heteroatoms. The Bertz CT molecular complexity index is 621. The predicted molar refractivity (Wildman–Crippen MR) is 123 cm³/mol. The molecule has 1 aromatic carbocycles. The number of nitrogens with one attached hydrogen (secondary N) is 1. The van der Waals surface area contributed by atoms with Crippen molar-refractivity contribution in [3.63, 3.8) is 0 Å². The molecule has 1 heterocycles. The minimum absolute atomic E-state index is 0. The first-order chi connectivity index (χ1) is 12.5. The molecule has 0 atom stereocenters. The molecule has 0 saturated carbocycles. The van der Waals surface area contributed by atoms with Gasteiger partial charge in [0, 0.05) is 44.1 Å². The van der Waals surface area contributed by atoms with Gasteiger partial charge in [0.1, 0.15) is 0 Å². The van der Waals surface area contributed by atoms with Crippen molar-refractivity contribution >= 4 is 51.8 Å². The molecule has 1 saturated heterocycles. The van der Waals surface area contributed by atoms with Gasteiger partial charge < -0.3 is 20.2 Å². The molecule has 1 aliphatic rings. The zero-order valence-electron chi connectivity index (χ0n) is 16.0. The summed E-state index contributed by atoms with van der Waals surface area (Å²) < 4.78 is 1.01. The average Bonchev–Trinajstić information content (AvgIpc) is 2.63. The van der Waals surface area contributed by atoms with Gasteiger partial charge in [-0.3, -0.25) is 9.79 Å². The number of likely N-dealkylation sites (tertiary alicyclic amines) is 1. The molecule has 1 amide bonds. The number of aliphatic hydroxyl groups is 1. The van der Waals surface area contributed by atoms with Crippen molar-refractivity contribution in [3.8, 4) is 0 Å². The number of aliphatic hydroxyl groups excluding tert-OH is 1. The second kappa shape index (κ2) is 12.6. The quantitative estimate of drug-likeness (QED) is 0.323. The van der Waals surface area contributed by atoms with Gasteiger partial charge in [0.2, 0.25) is 5.91 Å². The maximum absolute atomic E-state index is 12.4. The molecule has 27 heavy (non-hydrogen) atoms. The molecule has 0 unspecified atom stereocenters. The van der Waals surface area contributed by atoms with E-state index in [9.17, 15) is 9.90 Å². The van der Waals surface area contributed by atoms with Gasteiger partial charge in [0.15, 0.2) is 5.96 Å². The van der Waals surface area contributed by atoms with Crippen LogP contribution in [0.15, 0.2) is 33.7 Å². The molecular weight excluding hydrogens is 523 g/mol. The number of aliphatic imine (C=N–C) groups is 1. The number of piperidine rings is 1. The van der Waals surface area contributed by atoms with Crippen LogP contribution in [0.2, 0.25) is 0 Å². The second-order valence-electron chi connectivity index (χ2n) is 6.55. The monoisotopic (exact) mass is 552 g/mol. The van der Waals surface area contributed by atoms with E-state index in [1.807, 2.05) is 38.2 Å². The maximum Gasteiger partial charge on any atom is 0.224 e. The number of amides is 1. The first-order valence-electron chi connectivity index (χ1n) is 9.20. The van der Waals surface area contributed by atoms with Crippen molar-refractivity contribution in [2.45, 2.75) is 38.8 Å². The minimum atomic E-state index is -0.207. The van der Waals surface area contributed by atoms with Crippen LogP contribution in [0.25, 0.3) is 0 Å². The summed E-state index contributed by atoms with van der Waals surface area (Å²) in [5, 5.41) is 12.9. The smallest absolute Gasteiger partial charge is 0.224 e. The molecule has 0 aliphatic carbocycles. The number of hydrogen-bond acceptors (Lipinski definition) is 3.